The number of nitrogens with zero attached hydrogens (tertiary/aromatic N) is 2. The van der Waals surface area contributed by atoms with Crippen LogP contribution < -0.4 is 10.6 Å². The quantitative estimate of drug-likeness (QED) is 0.805. The van der Waals surface area contributed by atoms with E-state index in [0.29, 0.717) is 11.6 Å². The van der Waals surface area contributed by atoms with E-state index in [1.165, 1.54) is 17.4 Å². The predicted octanol–water partition coefficient (Wildman–Crippen LogP) is 2.58. The smallest absolute Gasteiger partial charge is 0.338 e. The zero-order valence-electron chi connectivity index (χ0n) is 10.9. The summed E-state index contributed by atoms with van der Waals surface area (Å²) < 4.78 is 13.2. The number of carbonyl (C=O) groups excluding carboxylic acids is 1. The van der Waals surface area contributed by atoms with E-state index in [4.69, 9.17) is 5.11 Å². The van der Waals surface area contributed by atoms with E-state index in [1.54, 1.807) is 0 Å². The van der Waals surface area contributed by atoms with Gasteiger partial charge in [-0.1, -0.05) is 18.3 Å². The van der Waals surface area contributed by atoms with Crippen LogP contribution in [0.2, 0.25) is 0 Å². The SMILES string of the molecule is CCc1nnc(NC(=O)Nc2ccc(F)c(C(=O)O)c2)s1. The standard InChI is InChI=1S/C12H11FN4O3S/c1-2-9-16-17-12(21-9)15-11(20)14-6-3-4-8(13)7(5-6)10(18)19/h3-5H,2H2,1H3,(H,18,19)(H2,14,15,17,20). The highest BCUT2D eigenvalue weighted by Crippen LogP contribution is 2.17. The number of carboxylic acid groups (broad SMARTS) is 1. The summed E-state index contributed by atoms with van der Waals surface area (Å²) in [7, 11) is 0. The van der Waals surface area contributed by atoms with Crippen molar-refractivity contribution in [2.45, 2.75) is 13.3 Å². The molecule has 21 heavy (non-hydrogen) atoms. The first-order valence-corrected chi connectivity index (χ1v) is 6.74. The molecule has 0 aliphatic heterocycles. The van der Waals surface area contributed by atoms with E-state index < -0.39 is 23.4 Å². The molecule has 0 spiro atoms. The number of halogens is 1. The second-order valence-electron chi connectivity index (χ2n) is 3.93. The van der Waals surface area contributed by atoms with Crippen molar-refractivity contribution < 1.29 is 19.1 Å². The number of rotatable bonds is 4. The number of nitrogens with one attached hydrogen (secondary N) is 2. The number of amides is 2. The summed E-state index contributed by atoms with van der Waals surface area (Å²) >= 11 is 1.23. The Morgan fingerprint density at radius 2 is 2.10 bits per heavy atom. The van der Waals surface area contributed by atoms with Crippen molar-refractivity contribution in [3.05, 3.63) is 34.6 Å². The van der Waals surface area contributed by atoms with Crippen LogP contribution in [0.15, 0.2) is 18.2 Å². The van der Waals surface area contributed by atoms with Crippen LogP contribution in [0, 0.1) is 5.82 Å². The van der Waals surface area contributed by atoms with E-state index >= 15 is 0 Å². The number of carbonyl (C=O) groups is 2. The minimum Gasteiger partial charge on any atom is -0.478 e. The maximum absolute atomic E-state index is 13.2. The topological polar surface area (TPSA) is 104 Å². The molecule has 0 fully saturated rings. The average Bonchev–Trinajstić information content (AvgIpc) is 2.88. The van der Waals surface area contributed by atoms with Crippen LogP contribution in [-0.4, -0.2) is 27.3 Å². The molecule has 0 atom stereocenters. The van der Waals surface area contributed by atoms with Gasteiger partial charge >= 0.3 is 12.0 Å². The third-order valence-electron chi connectivity index (χ3n) is 2.44. The Bertz CT molecular complexity index is 689. The van der Waals surface area contributed by atoms with Gasteiger partial charge in [-0.3, -0.25) is 5.32 Å². The zero-order chi connectivity index (χ0) is 15.4. The normalized spacial score (nSPS) is 10.2. The Balaban J connectivity index is 2.05. The number of aryl methyl sites for hydroxylation is 1. The summed E-state index contributed by atoms with van der Waals surface area (Å²) in [5, 5.41) is 22.4. The average molecular weight is 310 g/mol. The maximum atomic E-state index is 13.2. The highest BCUT2D eigenvalue weighted by atomic mass is 32.1. The van der Waals surface area contributed by atoms with Crippen LogP contribution in [0.25, 0.3) is 0 Å². The van der Waals surface area contributed by atoms with Crippen LogP contribution >= 0.6 is 11.3 Å². The second kappa shape index (κ2) is 6.27. The molecule has 1 aromatic heterocycles. The van der Waals surface area contributed by atoms with E-state index in [-0.39, 0.29) is 5.69 Å². The fourth-order valence-electron chi connectivity index (χ4n) is 1.47. The zero-order valence-corrected chi connectivity index (χ0v) is 11.7. The Kier molecular flexibility index (Phi) is 4.43. The number of benzene rings is 1. The van der Waals surface area contributed by atoms with Crippen molar-refractivity contribution >= 4 is 34.2 Å². The Morgan fingerprint density at radius 3 is 2.71 bits per heavy atom. The molecule has 9 heteroatoms. The van der Waals surface area contributed by atoms with Crippen LogP contribution in [0.3, 0.4) is 0 Å². The molecule has 0 radical (unpaired) electrons. The minimum atomic E-state index is -1.41. The minimum absolute atomic E-state index is 0.159. The van der Waals surface area contributed by atoms with Gasteiger partial charge in [-0.25, -0.2) is 14.0 Å². The number of carboxylic acids is 1. The molecule has 2 amide bonds. The molecule has 0 bridgehead atoms. The number of urea groups is 1. The molecule has 0 saturated carbocycles. The molecule has 0 saturated heterocycles. The molecule has 7 nitrogen and oxygen atoms in total. The summed E-state index contributed by atoms with van der Waals surface area (Å²) in [4.78, 5) is 22.5. The van der Waals surface area contributed by atoms with Gasteiger partial charge in [0.15, 0.2) is 0 Å². The van der Waals surface area contributed by atoms with E-state index in [2.05, 4.69) is 20.8 Å². The lowest BCUT2D eigenvalue weighted by atomic mass is 10.2. The van der Waals surface area contributed by atoms with Gasteiger partial charge in [-0.2, -0.15) is 0 Å². The van der Waals surface area contributed by atoms with E-state index in [1.807, 2.05) is 6.92 Å². The molecule has 0 aliphatic carbocycles. The molecule has 0 unspecified atom stereocenters. The van der Waals surface area contributed by atoms with Crippen LogP contribution in [0.5, 0.6) is 0 Å². The highest BCUT2D eigenvalue weighted by molar-refractivity contribution is 7.15. The van der Waals surface area contributed by atoms with Crippen LogP contribution in [0.4, 0.5) is 20.0 Å². The van der Waals surface area contributed by atoms with Gasteiger partial charge in [-0.15, -0.1) is 10.2 Å². The second-order valence-corrected chi connectivity index (χ2v) is 5.00. The summed E-state index contributed by atoms with van der Waals surface area (Å²) in [5.41, 5.74) is -0.358. The summed E-state index contributed by atoms with van der Waals surface area (Å²) in [6.07, 6.45) is 0.709. The molecule has 110 valence electrons. The van der Waals surface area contributed by atoms with E-state index in [0.717, 1.165) is 17.1 Å². The lowest BCUT2D eigenvalue weighted by Crippen LogP contribution is -2.19. The van der Waals surface area contributed by atoms with Crippen molar-refractivity contribution in [1.82, 2.24) is 10.2 Å². The first-order chi connectivity index (χ1) is 9.99. The largest absolute Gasteiger partial charge is 0.478 e. The Hall–Kier alpha value is -2.55. The fourth-order valence-corrected chi connectivity index (χ4v) is 2.15. The monoisotopic (exact) mass is 310 g/mol. The molecule has 1 aromatic carbocycles. The molecular formula is C12H11FN4O3S. The molecule has 2 aromatic rings. The third-order valence-corrected chi connectivity index (χ3v) is 3.43. The molecule has 2 rings (SSSR count). The van der Waals surface area contributed by atoms with Gasteiger partial charge in [-0.05, 0) is 24.6 Å². The van der Waals surface area contributed by atoms with Crippen LogP contribution in [-0.2, 0) is 6.42 Å². The number of hydrogen-bond donors (Lipinski definition) is 3. The van der Waals surface area contributed by atoms with Crippen molar-refractivity contribution in [2.75, 3.05) is 10.6 Å². The number of hydrogen-bond acceptors (Lipinski definition) is 5. The van der Waals surface area contributed by atoms with Crippen molar-refractivity contribution in [2.24, 2.45) is 0 Å². The Labute approximate surface area is 122 Å². The molecule has 1 heterocycles. The van der Waals surface area contributed by atoms with E-state index in [9.17, 15) is 14.0 Å². The lowest BCUT2D eigenvalue weighted by Gasteiger charge is -2.06. The number of aromatic carboxylic acids is 1. The third kappa shape index (κ3) is 3.72. The highest BCUT2D eigenvalue weighted by Gasteiger charge is 2.13. The maximum Gasteiger partial charge on any atom is 0.338 e. The molecule has 0 aliphatic rings. The number of aromatic nitrogens is 2. The predicted molar refractivity (Wildman–Crippen MR) is 75.3 cm³/mol. The van der Waals surface area contributed by atoms with Gasteiger partial charge in [0, 0.05) is 5.69 Å². The molecule has 3 N–H and O–H groups in total. The van der Waals surface area contributed by atoms with Crippen LogP contribution in [0.1, 0.15) is 22.3 Å². The van der Waals surface area contributed by atoms with Crippen molar-refractivity contribution in [3.8, 4) is 0 Å². The number of anilines is 2. The van der Waals surface area contributed by atoms with Gasteiger partial charge < -0.3 is 10.4 Å². The van der Waals surface area contributed by atoms with Gasteiger partial charge in [0.05, 0.1) is 5.56 Å². The van der Waals surface area contributed by atoms with Crippen molar-refractivity contribution in [1.29, 1.82) is 0 Å². The van der Waals surface area contributed by atoms with Crippen molar-refractivity contribution in [3.63, 3.8) is 0 Å². The van der Waals surface area contributed by atoms with Gasteiger partial charge in [0.2, 0.25) is 5.13 Å². The fraction of sp³-hybridized carbons (Fsp3) is 0.167. The lowest BCUT2D eigenvalue weighted by molar-refractivity contribution is 0.0692. The summed E-state index contributed by atoms with van der Waals surface area (Å²) in [6.45, 7) is 1.91. The first kappa shape index (κ1) is 14.9. The molecular weight excluding hydrogens is 299 g/mol. The summed E-state index contributed by atoms with van der Waals surface area (Å²) in [6, 6.07) is 2.66. The Morgan fingerprint density at radius 1 is 1.33 bits per heavy atom. The summed E-state index contributed by atoms with van der Waals surface area (Å²) in [5.74, 6) is -2.28. The first-order valence-electron chi connectivity index (χ1n) is 5.92. The van der Waals surface area contributed by atoms with Gasteiger partial charge in [0.1, 0.15) is 10.8 Å². The van der Waals surface area contributed by atoms with Gasteiger partial charge in [0.25, 0.3) is 0 Å².